The Bertz CT molecular complexity index is 624. The topological polar surface area (TPSA) is 26.0 Å². The van der Waals surface area contributed by atoms with Gasteiger partial charge in [0.1, 0.15) is 0 Å². The number of hydrogen-bond donors (Lipinski definition) is 1. The Hall–Kier alpha value is -0.640. The van der Waals surface area contributed by atoms with E-state index in [-0.39, 0.29) is 6.04 Å². The van der Waals surface area contributed by atoms with E-state index < -0.39 is 0 Å². The molecule has 0 spiro atoms. The Kier molecular flexibility index (Phi) is 4.29. The molecule has 2 aromatic carbocycles. The van der Waals surface area contributed by atoms with Crippen molar-refractivity contribution in [2.75, 3.05) is 0 Å². The predicted molar refractivity (Wildman–Crippen MR) is 90.9 cm³/mol. The lowest BCUT2D eigenvalue weighted by Gasteiger charge is -2.31. The lowest BCUT2D eigenvalue weighted by atomic mass is 9.77. The van der Waals surface area contributed by atoms with Crippen molar-refractivity contribution in [3.8, 4) is 0 Å². The first-order valence-electron chi connectivity index (χ1n) is 6.95. The standard InChI is InChI=1S/C17H17Br2N/c18-12-8-9-16(19)15(10-12)17(20)14-7-3-5-11-4-1-2-6-13(11)14/h1-2,4,6,8-10,14,17H,3,5,7,20H2. The number of aryl methyl sites for hydroxylation is 1. The van der Waals surface area contributed by atoms with E-state index in [0.717, 1.165) is 15.4 Å². The maximum atomic E-state index is 6.60. The molecule has 0 saturated heterocycles. The highest BCUT2D eigenvalue weighted by molar-refractivity contribution is 9.11. The second-order valence-electron chi connectivity index (χ2n) is 5.39. The number of halogens is 2. The fraction of sp³-hybridized carbons (Fsp3) is 0.294. The van der Waals surface area contributed by atoms with E-state index in [0.29, 0.717) is 5.92 Å². The van der Waals surface area contributed by atoms with Crippen LogP contribution in [0.15, 0.2) is 51.4 Å². The van der Waals surface area contributed by atoms with Crippen LogP contribution in [0.5, 0.6) is 0 Å². The van der Waals surface area contributed by atoms with Gasteiger partial charge in [-0.25, -0.2) is 0 Å². The number of nitrogens with two attached hydrogens (primary N) is 1. The van der Waals surface area contributed by atoms with Gasteiger partial charge in [-0.2, -0.15) is 0 Å². The molecule has 0 fully saturated rings. The third kappa shape index (κ3) is 2.72. The van der Waals surface area contributed by atoms with Gasteiger partial charge in [-0.3, -0.25) is 0 Å². The molecule has 0 aromatic heterocycles. The molecule has 3 heteroatoms. The summed E-state index contributed by atoms with van der Waals surface area (Å²) in [5.74, 6) is 0.408. The summed E-state index contributed by atoms with van der Waals surface area (Å²) in [7, 11) is 0. The summed E-state index contributed by atoms with van der Waals surface area (Å²) >= 11 is 7.18. The van der Waals surface area contributed by atoms with Crippen molar-refractivity contribution < 1.29 is 0 Å². The minimum absolute atomic E-state index is 0.0309. The molecular weight excluding hydrogens is 378 g/mol. The lowest BCUT2D eigenvalue weighted by Crippen LogP contribution is -2.24. The molecule has 0 aliphatic heterocycles. The molecule has 2 N–H and O–H groups in total. The number of fused-ring (bicyclic) bond motifs is 1. The summed E-state index contributed by atoms with van der Waals surface area (Å²) in [5.41, 5.74) is 10.7. The molecule has 2 aromatic rings. The van der Waals surface area contributed by atoms with Crippen LogP contribution in [0.3, 0.4) is 0 Å². The first-order chi connectivity index (χ1) is 9.66. The van der Waals surface area contributed by atoms with Gasteiger partial charge in [0.05, 0.1) is 0 Å². The molecule has 3 rings (SSSR count). The van der Waals surface area contributed by atoms with Gasteiger partial charge in [0, 0.05) is 20.9 Å². The largest absolute Gasteiger partial charge is 0.323 e. The van der Waals surface area contributed by atoms with E-state index in [1.807, 2.05) is 6.07 Å². The van der Waals surface area contributed by atoms with Crippen molar-refractivity contribution >= 4 is 31.9 Å². The van der Waals surface area contributed by atoms with Gasteiger partial charge in [0.2, 0.25) is 0 Å². The first kappa shape index (κ1) is 14.3. The van der Waals surface area contributed by atoms with E-state index >= 15 is 0 Å². The molecule has 0 amide bonds. The highest BCUT2D eigenvalue weighted by Crippen LogP contribution is 2.41. The maximum Gasteiger partial charge on any atom is 0.0376 e. The van der Waals surface area contributed by atoms with Gasteiger partial charge < -0.3 is 5.73 Å². The molecule has 2 unspecified atom stereocenters. The highest BCUT2D eigenvalue weighted by Gasteiger charge is 2.27. The summed E-state index contributed by atoms with van der Waals surface area (Å²) in [4.78, 5) is 0. The average molecular weight is 395 g/mol. The van der Waals surface area contributed by atoms with Crippen molar-refractivity contribution in [1.29, 1.82) is 0 Å². The van der Waals surface area contributed by atoms with Crippen LogP contribution in [0.4, 0.5) is 0 Å². The van der Waals surface area contributed by atoms with Crippen molar-refractivity contribution in [2.24, 2.45) is 5.73 Å². The summed E-state index contributed by atoms with van der Waals surface area (Å²) in [6.07, 6.45) is 3.57. The predicted octanol–water partition coefficient (Wildman–Crippen LogP) is 5.33. The molecule has 0 heterocycles. The fourth-order valence-electron chi connectivity index (χ4n) is 3.15. The minimum atomic E-state index is 0.0309. The Morgan fingerprint density at radius 1 is 1.10 bits per heavy atom. The summed E-state index contributed by atoms with van der Waals surface area (Å²) in [6, 6.07) is 15.0. The zero-order valence-electron chi connectivity index (χ0n) is 11.2. The van der Waals surface area contributed by atoms with Gasteiger partial charge in [-0.15, -0.1) is 0 Å². The molecule has 1 aliphatic rings. The van der Waals surface area contributed by atoms with Crippen LogP contribution in [0.25, 0.3) is 0 Å². The lowest BCUT2D eigenvalue weighted by molar-refractivity contribution is 0.473. The third-order valence-corrected chi connectivity index (χ3v) is 5.38. The third-order valence-electron chi connectivity index (χ3n) is 4.17. The number of rotatable bonds is 2. The van der Waals surface area contributed by atoms with Crippen LogP contribution < -0.4 is 5.73 Å². The zero-order valence-corrected chi connectivity index (χ0v) is 14.3. The monoisotopic (exact) mass is 393 g/mol. The Morgan fingerprint density at radius 3 is 2.75 bits per heavy atom. The molecule has 2 atom stereocenters. The fourth-order valence-corrected chi connectivity index (χ4v) is 4.04. The average Bonchev–Trinajstić information content (AvgIpc) is 2.48. The van der Waals surface area contributed by atoms with E-state index in [2.05, 4.69) is 68.3 Å². The second-order valence-corrected chi connectivity index (χ2v) is 7.16. The van der Waals surface area contributed by atoms with Gasteiger partial charge in [-0.1, -0.05) is 56.1 Å². The van der Waals surface area contributed by atoms with Crippen LogP contribution >= 0.6 is 31.9 Å². The smallest absolute Gasteiger partial charge is 0.0376 e. The second kappa shape index (κ2) is 6.00. The van der Waals surface area contributed by atoms with E-state index in [1.54, 1.807) is 0 Å². The number of hydrogen-bond acceptors (Lipinski definition) is 1. The minimum Gasteiger partial charge on any atom is -0.323 e. The highest BCUT2D eigenvalue weighted by atomic mass is 79.9. The molecular formula is C17H17Br2N. The SMILES string of the molecule is NC(c1cc(Br)ccc1Br)C1CCCc2ccccc21. The van der Waals surface area contributed by atoms with Crippen LogP contribution in [0.2, 0.25) is 0 Å². The summed E-state index contributed by atoms with van der Waals surface area (Å²) in [5, 5.41) is 0. The van der Waals surface area contributed by atoms with Crippen molar-refractivity contribution in [3.63, 3.8) is 0 Å². The molecule has 20 heavy (non-hydrogen) atoms. The van der Waals surface area contributed by atoms with Crippen LogP contribution in [-0.4, -0.2) is 0 Å². The van der Waals surface area contributed by atoms with Gasteiger partial charge in [0.15, 0.2) is 0 Å². The molecule has 0 saturated carbocycles. The maximum absolute atomic E-state index is 6.60. The van der Waals surface area contributed by atoms with Crippen LogP contribution in [0, 0.1) is 0 Å². The molecule has 0 bridgehead atoms. The zero-order chi connectivity index (χ0) is 14.1. The summed E-state index contributed by atoms with van der Waals surface area (Å²) < 4.78 is 2.17. The van der Waals surface area contributed by atoms with Gasteiger partial charge >= 0.3 is 0 Å². The number of benzene rings is 2. The van der Waals surface area contributed by atoms with Gasteiger partial charge in [-0.05, 0) is 54.2 Å². The summed E-state index contributed by atoms with van der Waals surface area (Å²) in [6.45, 7) is 0. The normalized spacial score (nSPS) is 19.4. The van der Waals surface area contributed by atoms with Gasteiger partial charge in [0.25, 0.3) is 0 Å². The quantitative estimate of drug-likeness (QED) is 0.731. The Balaban J connectivity index is 1.99. The molecule has 1 nitrogen and oxygen atoms in total. The molecule has 1 aliphatic carbocycles. The van der Waals surface area contributed by atoms with E-state index in [9.17, 15) is 0 Å². The molecule has 0 radical (unpaired) electrons. The van der Waals surface area contributed by atoms with Crippen LogP contribution in [-0.2, 0) is 6.42 Å². The Morgan fingerprint density at radius 2 is 1.90 bits per heavy atom. The first-order valence-corrected chi connectivity index (χ1v) is 8.54. The van der Waals surface area contributed by atoms with Crippen molar-refractivity contribution in [2.45, 2.75) is 31.2 Å². The molecule has 104 valence electrons. The van der Waals surface area contributed by atoms with Crippen LogP contribution in [0.1, 0.15) is 41.5 Å². The van der Waals surface area contributed by atoms with E-state index in [4.69, 9.17) is 5.73 Å². The van der Waals surface area contributed by atoms with E-state index in [1.165, 1.54) is 29.5 Å². The van der Waals surface area contributed by atoms with Crippen molar-refractivity contribution in [1.82, 2.24) is 0 Å². The Labute approximate surface area is 136 Å². The van der Waals surface area contributed by atoms with Crippen molar-refractivity contribution in [3.05, 3.63) is 68.1 Å².